The van der Waals surface area contributed by atoms with Crippen molar-refractivity contribution < 1.29 is 10.0 Å². The largest absolute Gasteiger partial charge is 0.409 e. The minimum Gasteiger partial charge on any atom is -0.409 e. The number of hydrogen-bond acceptors (Lipinski definition) is 3. The summed E-state index contributed by atoms with van der Waals surface area (Å²) >= 11 is 0. The molecule has 0 saturated heterocycles. The van der Waals surface area contributed by atoms with E-state index in [1.807, 2.05) is 6.92 Å². The third-order valence-electron chi connectivity index (χ3n) is 3.43. The lowest BCUT2D eigenvalue weighted by molar-refractivity contribution is -0.123. The van der Waals surface area contributed by atoms with E-state index in [-0.39, 0.29) is 17.2 Å². The standard InChI is InChI=1S/C13H27N3O2/c1-6-7-10(11(14)16-18)12(17)15-8-9(2)13(3,4)5/h9-10,18H,6-8H2,1-5H3,(H2,14,16)(H,15,17). The molecule has 0 bridgehead atoms. The van der Waals surface area contributed by atoms with Crippen molar-refractivity contribution in [1.82, 2.24) is 5.32 Å². The van der Waals surface area contributed by atoms with Gasteiger partial charge in [0.25, 0.3) is 0 Å². The van der Waals surface area contributed by atoms with Crippen LogP contribution in [0.2, 0.25) is 0 Å². The van der Waals surface area contributed by atoms with E-state index in [2.05, 4.69) is 38.2 Å². The first kappa shape index (κ1) is 16.7. The number of carbonyl (C=O) groups excluding carboxylic acids is 1. The zero-order valence-electron chi connectivity index (χ0n) is 12.2. The summed E-state index contributed by atoms with van der Waals surface area (Å²) in [5, 5.41) is 14.5. The van der Waals surface area contributed by atoms with E-state index in [9.17, 15) is 4.79 Å². The lowest BCUT2D eigenvalue weighted by Crippen LogP contribution is -2.42. The zero-order valence-corrected chi connectivity index (χ0v) is 12.2. The maximum absolute atomic E-state index is 12.0. The second kappa shape index (κ2) is 7.24. The Hall–Kier alpha value is -1.26. The molecule has 0 aromatic heterocycles. The van der Waals surface area contributed by atoms with Crippen LogP contribution in [0.25, 0.3) is 0 Å². The summed E-state index contributed by atoms with van der Waals surface area (Å²) < 4.78 is 0. The fraction of sp³-hybridized carbons (Fsp3) is 0.846. The van der Waals surface area contributed by atoms with Crippen LogP contribution in [0.4, 0.5) is 0 Å². The van der Waals surface area contributed by atoms with Gasteiger partial charge >= 0.3 is 0 Å². The van der Waals surface area contributed by atoms with Gasteiger partial charge in [-0.3, -0.25) is 4.79 Å². The van der Waals surface area contributed by atoms with Gasteiger partial charge in [0.05, 0.1) is 5.92 Å². The van der Waals surface area contributed by atoms with E-state index in [4.69, 9.17) is 10.9 Å². The van der Waals surface area contributed by atoms with Crippen LogP contribution >= 0.6 is 0 Å². The predicted molar refractivity (Wildman–Crippen MR) is 73.4 cm³/mol. The fourth-order valence-corrected chi connectivity index (χ4v) is 1.45. The SMILES string of the molecule is CCCC(C(=O)NCC(C)C(C)(C)C)C(N)=NO. The summed E-state index contributed by atoms with van der Waals surface area (Å²) in [5.74, 6) is -0.357. The highest BCUT2D eigenvalue weighted by Gasteiger charge is 2.25. The van der Waals surface area contributed by atoms with Crippen molar-refractivity contribution in [2.75, 3.05) is 6.54 Å². The molecule has 0 aliphatic heterocycles. The molecule has 0 spiro atoms. The molecule has 0 aliphatic rings. The van der Waals surface area contributed by atoms with Crippen molar-refractivity contribution in [3.05, 3.63) is 0 Å². The number of carbonyl (C=O) groups is 1. The van der Waals surface area contributed by atoms with Crippen molar-refractivity contribution in [1.29, 1.82) is 0 Å². The number of rotatable bonds is 6. The molecule has 2 unspecified atom stereocenters. The Morgan fingerprint density at radius 3 is 2.39 bits per heavy atom. The number of amidine groups is 1. The molecule has 2 atom stereocenters. The van der Waals surface area contributed by atoms with E-state index >= 15 is 0 Å². The van der Waals surface area contributed by atoms with Gasteiger partial charge in [-0.25, -0.2) is 0 Å². The normalized spacial score (nSPS) is 16.2. The molecule has 0 aromatic carbocycles. The minimum atomic E-state index is -0.535. The maximum atomic E-state index is 12.0. The Labute approximate surface area is 110 Å². The summed E-state index contributed by atoms with van der Waals surface area (Å²) in [4.78, 5) is 12.0. The van der Waals surface area contributed by atoms with E-state index in [1.165, 1.54) is 0 Å². The van der Waals surface area contributed by atoms with Crippen LogP contribution in [-0.2, 0) is 4.79 Å². The van der Waals surface area contributed by atoms with Crippen molar-refractivity contribution in [2.24, 2.45) is 28.1 Å². The van der Waals surface area contributed by atoms with Crippen molar-refractivity contribution >= 4 is 11.7 Å². The van der Waals surface area contributed by atoms with Gasteiger partial charge in [0.2, 0.25) is 5.91 Å². The van der Waals surface area contributed by atoms with E-state index in [0.29, 0.717) is 18.9 Å². The number of amides is 1. The van der Waals surface area contributed by atoms with Crippen molar-refractivity contribution in [3.8, 4) is 0 Å². The second-order valence-electron chi connectivity index (χ2n) is 5.88. The Balaban J connectivity index is 4.45. The number of nitrogens with two attached hydrogens (primary N) is 1. The van der Waals surface area contributed by atoms with Gasteiger partial charge in [0.1, 0.15) is 0 Å². The molecule has 0 fully saturated rings. The highest BCUT2D eigenvalue weighted by atomic mass is 16.4. The van der Waals surface area contributed by atoms with Crippen LogP contribution in [0, 0.1) is 17.3 Å². The zero-order chi connectivity index (χ0) is 14.3. The smallest absolute Gasteiger partial charge is 0.230 e. The number of oxime groups is 1. The topological polar surface area (TPSA) is 87.7 Å². The third-order valence-corrected chi connectivity index (χ3v) is 3.43. The van der Waals surface area contributed by atoms with E-state index in [1.54, 1.807) is 0 Å². The minimum absolute atomic E-state index is 0.0160. The Morgan fingerprint density at radius 2 is 2.00 bits per heavy atom. The monoisotopic (exact) mass is 257 g/mol. The number of nitrogens with zero attached hydrogens (tertiary/aromatic N) is 1. The molecule has 0 saturated carbocycles. The third kappa shape index (κ3) is 5.38. The number of hydrogen-bond donors (Lipinski definition) is 3. The van der Waals surface area contributed by atoms with Gasteiger partial charge in [-0.2, -0.15) is 0 Å². The van der Waals surface area contributed by atoms with Crippen LogP contribution in [0.5, 0.6) is 0 Å². The molecule has 5 heteroatoms. The Bertz CT molecular complexity index is 295. The van der Waals surface area contributed by atoms with Crippen LogP contribution in [0.15, 0.2) is 5.16 Å². The van der Waals surface area contributed by atoms with Gasteiger partial charge in [-0.15, -0.1) is 0 Å². The van der Waals surface area contributed by atoms with Crippen molar-refractivity contribution in [3.63, 3.8) is 0 Å². The van der Waals surface area contributed by atoms with E-state index in [0.717, 1.165) is 6.42 Å². The first-order chi connectivity index (χ1) is 8.23. The molecule has 0 aromatic rings. The van der Waals surface area contributed by atoms with E-state index < -0.39 is 5.92 Å². The lowest BCUT2D eigenvalue weighted by Gasteiger charge is -2.28. The molecule has 0 heterocycles. The van der Waals surface area contributed by atoms with Crippen molar-refractivity contribution in [2.45, 2.75) is 47.5 Å². The predicted octanol–water partition coefficient (Wildman–Crippen LogP) is 1.95. The Morgan fingerprint density at radius 1 is 1.44 bits per heavy atom. The molecule has 1 amide bonds. The molecule has 4 N–H and O–H groups in total. The average Bonchev–Trinajstić information content (AvgIpc) is 2.30. The quantitative estimate of drug-likeness (QED) is 0.294. The summed E-state index contributed by atoms with van der Waals surface area (Å²) in [6, 6.07) is 0. The molecule has 0 radical (unpaired) electrons. The summed E-state index contributed by atoms with van der Waals surface area (Å²) in [6.45, 7) is 11.1. The van der Waals surface area contributed by atoms with Crippen LogP contribution in [0.3, 0.4) is 0 Å². The Kier molecular flexibility index (Phi) is 6.73. The molecular weight excluding hydrogens is 230 g/mol. The highest BCUT2D eigenvalue weighted by molar-refractivity contribution is 6.02. The summed E-state index contributed by atoms with van der Waals surface area (Å²) in [6.07, 6.45) is 1.40. The highest BCUT2D eigenvalue weighted by Crippen LogP contribution is 2.24. The lowest BCUT2D eigenvalue weighted by atomic mass is 9.82. The van der Waals surface area contributed by atoms with Gasteiger partial charge in [-0.05, 0) is 17.8 Å². The van der Waals surface area contributed by atoms with Crippen LogP contribution in [0.1, 0.15) is 47.5 Å². The van der Waals surface area contributed by atoms with Gasteiger partial charge in [0, 0.05) is 6.54 Å². The van der Waals surface area contributed by atoms with Gasteiger partial charge in [0.15, 0.2) is 5.84 Å². The van der Waals surface area contributed by atoms with Crippen LogP contribution in [-0.4, -0.2) is 23.5 Å². The fourth-order valence-electron chi connectivity index (χ4n) is 1.45. The maximum Gasteiger partial charge on any atom is 0.230 e. The molecule has 0 rings (SSSR count). The molecule has 106 valence electrons. The molecule has 18 heavy (non-hydrogen) atoms. The first-order valence-corrected chi connectivity index (χ1v) is 6.49. The van der Waals surface area contributed by atoms with Gasteiger partial charge < -0.3 is 16.3 Å². The second-order valence-corrected chi connectivity index (χ2v) is 5.88. The van der Waals surface area contributed by atoms with Crippen LogP contribution < -0.4 is 11.1 Å². The molecule has 5 nitrogen and oxygen atoms in total. The summed E-state index contributed by atoms with van der Waals surface area (Å²) in [7, 11) is 0. The first-order valence-electron chi connectivity index (χ1n) is 6.49. The average molecular weight is 257 g/mol. The summed E-state index contributed by atoms with van der Waals surface area (Å²) in [5.41, 5.74) is 5.68. The number of nitrogens with one attached hydrogen (secondary N) is 1. The molecule has 0 aliphatic carbocycles. The molecular formula is C13H27N3O2. The van der Waals surface area contributed by atoms with Gasteiger partial charge in [-0.1, -0.05) is 46.2 Å².